The zero-order valence-electron chi connectivity index (χ0n) is 17.4. The van der Waals surface area contributed by atoms with Gasteiger partial charge < -0.3 is 14.8 Å². The molecule has 0 radical (unpaired) electrons. The molecule has 1 heterocycles. The Morgan fingerprint density at radius 1 is 1.18 bits per heavy atom. The minimum Gasteiger partial charge on any atom is -0.477 e. The number of carbonyl (C=O) groups is 1. The van der Waals surface area contributed by atoms with Crippen molar-refractivity contribution in [2.75, 3.05) is 13.2 Å². The molecule has 1 N–H and O–H groups in total. The highest BCUT2D eigenvalue weighted by molar-refractivity contribution is 5.95. The third-order valence-corrected chi connectivity index (χ3v) is 4.96. The average molecular weight is 471 g/mol. The molecule has 0 saturated heterocycles. The maximum Gasteiger partial charge on any atom is 0.416 e. The van der Waals surface area contributed by atoms with Gasteiger partial charge in [0.1, 0.15) is 11.9 Å². The first-order valence-corrected chi connectivity index (χ1v) is 10.2. The molecule has 1 aromatic heterocycles. The van der Waals surface area contributed by atoms with Gasteiger partial charge in [-0.05, 0) is 38.2 Å². The Hall–Kier alpha value is -3.44. The summed E-state index contributed by atoms with van der Waals surface area (Å²) in [4.78, 5) is 26.1. The Morgan fingerprint density at radius 3 is 2.55 bits per heavy atom. The number of non-ortho nitro benzene ring substituents is 1. The van der Waals surface area contributed by atoms with Crippen molar-refractivity contribution >= 4 is 11.6 Å². The van der Waals surface area contributed by atoms with Crippen LogP contribution in [0, 0.1) is 15.9 Å². The van der Waals surface area contributed by atoms with Crippen molar-refractivity contribution in [3.05, 3.63) is 57.4 Å². The first-order chi connectivity index (χ1) is 15.6. The molecule has 1 aromatic carbocycles. The highest BCUT2D eigenvalue weighted by Crippen LogP contribution is 2.34. The van der Waals surface area contributed by atoms with Gasteiger partial charge in [0.05, 0.1) is 22.7 Å². The normalized spacial score (nSPS) is 14.2. The summed E-state index contributed by atoms with van der Waals surface area (Å²) in [5.74, 6) is -2.21. The fourth-order valence-electron chi connectivity index (χ4n) is 3.30. The van der Waals surface area contributed by atoms with Crippen molar-refractivity contribution in [2.45, 2.75) is 44.4 Å². The van der Waals surface area contributed by atoms with E-state index in [1.54, 1.807) is 0 Å². The van der Waals surface area contributed by atoms with E-state index < -0.39 is 39.6 Å². The molecule has 0 atom stereocenters. The molecule has 1 aliphatic rings. The number of alkyl halides is 3. The first-order valence-electron chi connectivity index (χ1n) is 10.2. The Balaban J connectivity index is 1.55. The van der Waals surface area contributed by atoms with Crippen LogP contribution >= 0.6 is 0 Å². The molecule has 1 saturated carbocycles. The topological polar surface area (TPSA) is 104 Å². The number of carbonyl (C=O) groups excluding carboxylic acids is 1. The molecule has 0 unspecified atom stereocenters. The fourth-order valence-corrected chi connectivity index (χ4v) is 3.30. The molecule has 1 fully saturated rings. The average Bonchev–Trinajstić information content (AvgIpc) is 3.25. The van der Waals surface area contributed by atoms with Crippen LogP contribution < -0.4 is 14.8 Å². The number of nitrogens with zero attached hydrogens (tertiary/aromatic N) is 2. The number of ether oxygens (including phenoxy) is 2. The van der Waals surface area contributed by atoms with Crippen molar-refractivity contribution in [1.82, 2.24) is 10.3 Å². The number of rotatable bonds is 9. The van der Waals surface area contributed by atoms with Gasteiger partial charge in [-0.15, -0.1) is 0 Å². The number of hydrogen-bond acceptors (Lipinski definition) is 6. The molecule has 33 heavy (non-hydrogen) atoms. The van der Waals surface area contributed by atoms with Gasteiger partial charge in [-0.1, -0.05) is 0 Å². The predicted molar refractivity (Wildman–Crippen MR) is 108 cm³/mol. The monoisotopic (exact) mass is 471 g/mol. The Morgan fingerprint density at radius 2 is 1.88 bits per heavy atom. The predicted octanol–water partition coefficient (Wildman–Crippen LogP) is 4.67. The van der Waals surface area contributed by atoms with Gasteiger partial charge in [0.2, 0.25) is 11.8 Å². The third kappa shape index (κ3) is 6.77. The summed E-state index contributed by atoms with van der Waals surface area (Å²) in [5.41, 5.74) is -1.87. The van der Waals surface area contributed by atoms with E-state index >= 15 is 0 Å². The highest BCUT2D eigenvalue weighted by Gasteiger charge is 2.32. The summed E-state index contributed by atoms with van der Waals surface area (Å²) >= 11 is 0. The second-order valence-corrected chi connectivity index (χ2v) is 7.43. The van der Waals surface area contributed by atoms with Crippen molar-refractivity contribution in [1.29, 1.82) is 0 Å². The van der Waals surface area contributed by atoms with Gasteiger partial charge in [0.15, 0.2) is 0 Å². The van der Waals surface area contributed by atoms with E-state index in [0.29, 0.717) is 0 Å². The van der Waals surface area contributed by atoms with Gasteiger partial charge in [0, 0.05) is 30.8 Å². The van der Waals surface area contributed by atoms with Gasteiger partial charge in [-0.25, -0.2) is 4.39 Å². The summed E-state index contributed by atoms with van der Waals surface area (Å²) in [5, 5.41) is 13.2. The molecule has 3 rings (SSSR count). The van der Waals surface area contributed by atoms with Gasteiger partial charge >= 0.3 is 6.18 Å². The summed E-state index contributed by atoms with van der Waals surface area (Å²) < 4.78 is 64.3. The summed E-state index contributed by atoms with van der Waals surface area (Å²) in [6, 6.07) is 4.17. The summed E-state index contributed by atoms with van der Waals surface area (Å²) in [6.07, 6.45) is -1.24. The number of pyridine rings is 1. The molecule has 0 spiro atoms. The molecular weight excluding hydrogens is 450 g/mol. The van der Waals surface area contributed by atoms with Crippen molar-refractivity contribution in [2.24, 2.45) is 0 Å². The van der Waals surface area contributed by atoms with Crippen LogP contribution in [0.1, 0.15) is 48.0 Å². The molecule has 12 heteroatoms. The highest BCUT2D eigenvalue weighted by atomic mass is 19.4. The quantitative estimate of drug-likeness (QED) is 0.247. The number of nitro groups is 1. The van der Waals surface area contributed by atoms with Crippen LogP contribution in [0.2, 0.25) is 0 Å². The lowest BCUT2D eigenvalue weighted by molar-refractivity contribution is -0.384. The maximum atomic E-state index is 13.8. The maximum absolute atomic E-state index is 13.8. The van der Waals surface area contributed by atoms with E-state index in [0.717, 1.165) is 56.0 Å². The van der Waals surface area contributed by atoms with E-state index in [9.17, 15) is 32.5 Å². The Kier molecular flexibility index (Phi) is 7.67. The molecular formula is C21H21F4N3O5. The number of amides is 1. The van der Waals surface area contributed by atoms with Crippen LogP contribution in [-0.4, -0.2) is 35.1 Å². The van der Waals surface area contributed by atoms with E-state index in [1.807, 2.05) is 0 Å². The van der Waals surface area contributed by atoms with E-state index in [1.165, 1.54) is 0 Å². The molecule has 1 aliphatic carbocycles. The molecule has 8 nitrogen and oxygen atoms in total. The number of nitrogens with one attached hydrogen (secondary N) is 1. The van der Waals surface area contributed by atoms with E-state index in [4.69, 9.17) is 9.47 Å². The molecule has 0 aliphatic heterocycles. The van der Waals surface area contributed by atoms with Crippen LogP contribution in [0.4, 0.5) is 23.2 Å². The van der Waals surface area contributed by atoms with Crippen LogP contribution in [-0.2, 0) is 6.18 Å². The lowest BCUT2D eigenvalue weighted by atomic mass is 10.1. The standard InChI is InChI=1S/C21H21F4N3O5/c22-17-7-6-14(28(30)31)12-16(17)20(29)26-8-3-9-32-18-10-13(21(23,24)25)11-19(27-18)33-15-4-1-2-5-15/h6-7,10-12,15H,1-5,8-9H2,(H,26,29). The largest absolute Gasteiger partial charge is 0.477 e. The second-order valence-electron chi connectivity index (χ2n) is 7.43. The molecule has 178 valence electrons. The number of halogens is 4. The molecule has 2 aromatic rings. The van der Waals surface area contributed by atoms with Crippen LogP contribution in [0.15, 0.2) is 30.3 Å². The van der Waals surface area contributed by atoms with Crippen molar-refractivity contribution in [3.63, 3.8) is 0 Å². The molecule has 0 bridgehead atoms. The SMILES string of the molecule is O=C(NCCCOc1cc(C(F)(F)F)cc(OC2CCCC2)n1)c1cc([N+](=O)[O-])ccc1F. The summed E-state index contributed by atoms with van der Waals surface area (Å²) in [7, 11) is 0. The van der Waals surface area contributed by atoms with Gasteiger partial charge in [-0.2, -0.15) is 18.2 Å². The fraction of sp³-hybridized carbons (Fsp3) is 0.429. The van der Waals surface area contributed by atoms with Gasteiger partial charge in [0.25, 0.3) is 11.6 Å². The van der Waals surface area contributed by atoms with Gasteiger partial charge in [-0.3, -0.25) is 14.9 Å². The number of aromatic nitrogens is 1. The Labute approximate surface area is 186 Å². The third-order valence-electron chi connectivity index (χ3n) is 4.96. The number of benzene rings is 1. The number of nitro benzene ring substituents is 1. The van der Waals surface area contributed by atoms with Crippen LogP contribution in [0.5, 0.6) is 11.8 Å². The van der Waals surface area contributed by atoms with Crippen LogP contribution in [0.3, 0.4) is 0 Å². The second kappa shape index (κ2) is 10.5. The van der Waals surface area contributed by atoms with E-state index in [-0.39, 0.29) is 37.4 Å². The smallest absolute Gasteiger partial charge is 0.416 e. The minimum absolute atomic E-state index is 0.00857. The first kappa shape index (κ1) is 24.2. The lowest BCUT2D eigenvalue weighted by Crippen LogP contribution is -2.26. The zero-order valence-corrected chi connectivity index (χ0v) is 17.4. The lowest BCUT2D eigenvalue weighted by Gasteiger charge is -2.16. The van der Waals surface area contributed by atoms with E-state index in [2.05, 4.69) is 10.3 Å². The van der Waals surface area contributed by atoms with Crippen molar-refractivity contribution in [3.8, 4) is 11.8 Å². The minimum atomic E-state index is -4.61. The van der Waals surface area contributed by atoms with Crippen molar-refractivity contribution < 1.29 is 36.8 Å². The molecule has 1 amide bonds. The number of hydrogen-bond donors (Lipinski definition) is 1. The summed E-state index contributed by atoms with van der Waals surface area (Å²) in [6.45, 7) is -0.0970. The zero-order chi connectivity index (χ0) is 24.0. The van der Waals surface area contributed by atoms with Crippen LogP contribution in [0.25, 0.3) is 0 Å². The Bertz CT molecular complexity index is 1010.